The minimum absolute atomic E-state index is 0.0631. The molecule has 0 spiro atoms. The number of aliphatic hydroxyl groups is 1. The van der Waals surface area contributed by atoms with Crippen molar-refractivity contribution in [3.63, 3.8) is 0 Å². The van der Waals surface area contributed by atoms with Crippen LogP contribution in [0.3, 0.4) is 0 Å². The predicted octanol–water partition coefficient (Wildman–Crippen LogP) is 1.79. The van der Waals surface area contributed by atoms with Crippen molar-refractivity contribution in [2.75, 3.05) is 31.2 Å². The van der Waals surface area contributed by atoms with Crippen molar-refractivity contribution in [2.24, 2.45) is 0 Å². The number of ether oxygens (including phenoxy) is 1. The highest BCUT2D eigenvalue weighted by atomic mass is 35.5. The lowest BCUT2D eigenvalue weighted by atomic mass is 10.1. The fraction of sp³-hybridized carbons (Fsp3) is 0.600. The first kappa shape index (κ1) is 14.1. The highest BCUT2D eigenvalue weighted by molar-refractivity contribution is 6.31. The molecule has 3 rings (SSSR count). The molecule has 2 fully saturated rings. The van der Waals surface area contributed by atoms with Gasteiger partial charge in [0.25, 0.3) is 0 Å². The number of rotatable bonds is 5. The maximum atomic E-state index is 9.20. The van der Waals surface area contributed by atoms with Crippen LogP contribution in [0.2, 0.25) is 5.02 Å². The zero-order valence-electron chi connectivity index (χ0n) is 11.5. The monoisotopic (exact) mass is 296 g/mol. The van der Waals surface area contributed by atoms with Crippen LogP contribution in [-0.4, -0.2) is 43.6 Å². The van der Waals surface area contributed by atoms with E-state index in [-0.39, 0.29) is 12.7 Å². The number of anilines is 1. The van der Waals surface area contributed by atoms with Crippen molar-refractivity contribution < 1.29 is 9.84 Å². The molecule has 1 saturated heterocycles. The topological polar surface area (TPSA) is 44.7 Å². The maximum absolute atomic E-state index is 9.20. The molecule has 4 nitrogen and oxygen atoms in total. The summed E-state index contributed by atoms with van der Waals surface area (Å²) in [6.07, 6.45) is 2.47. The van der Waals surface area contributed by atoms with Gasteiger partial charge in [0.05, 0.1) is 19.3 Å². The maximum Gasteiger partial charge on any atom is 0.0980 e. The Labute approximate surface area is 124 Å². The molecule has 0 amide bonds. The summed E-state index contributed by atoms with van der Waals surface area (Å²) in [6, 6.07) is 6.91. The van der Waals surface area contributed by atoms with E-state index in [0.29, 0.717) is 19.2 Å². The summed E-state index contributed by atoms with van der Waals surface area (Å²) in [4.78, 5) is 2.22. The predicted molar refractivity (Wildman–Crippen MR) is 80.4 cm³/mol. The summed E-state index contributed by atoms with van der Waals surface area (Å²) in [7, 11) is 0. The van der Waals surface area contributed by atoms with Crippen molar-refractivity contribution in [1.82, 2.24) is 5.32 Å². The number of hydrogen-bond acceptors (Lipinski definition) is 4. The molecule has 2 N–H and O–H groups in total. The second kappa shape index (κ2) is 6.31. The lowest BCUT2D eigenvalue weighted by Crippen LogP contribution is -2.44. The largest absolute Gasteiger partial charge is 0.394 e. The lowest BCUT2D eigenvalue weighted by molar-refractivity contribution is 0.00357. The molecule has 0 aromatic heterocycles. The van der Waals surface area contributed by atoms with Gasteiger partial charge in [0.2, 0.25) is 0 Å². The van der Waals surface area contributed by atoms with Crippen LogP contribution in [0.4, 0.5) is 5.69 Å². The third-order valence-corrected chi connectivity index (χ3v) is 4.25. The van der Waals surface area contributed by atoms with E-state index in [2.05, 4.69) is 22.3 Å². The minimum Gasteiger partial charge on any atom is -0.394 e. The van der Waals surface area contributed by atoms with Crippen molar-refractivity contribution >= 4 is 17.3 Å². The van der Waals surface area contributed by atoms with E-state index in [1.807, 2.05) is 6.07 Å². The first-order chi connectivity index (χ1) is 9.76. The van der Waals surface area contributed by atoms with Crippen molar-refractivity contribution in [2.45, 2.75) is 31.5 Å². The standard InChI is InChI=1S/C15H21ClN2O2/c16-15-7-13(18-5-6-20-14(9-18)10-19)4-1-11(15)8-17-12-2-3-12/h1,4,7,12,14,17,19H,2-3,5-6,8-10H2. The highest BCUT2D eigenvalue weighted by Crippen LogP contribution is 2.26. The van der Waals surface area contributed by atoms with E-state index in [9.17, 15) is 5.11 Å². The minimum atomic E-state index is -0.0984. The fourth-order valence-electron chi connectivity index (χ4n) is 2.48. The first-order valence-corrected chi connectivity index (χ1v) is 7.63. The molecule has 1 saturated carbocycles. The van der Waals surface area contributed by atoms with E-state index >= 15 is 0 Å². The quantitative estimate of drug-likeness (QED) is 0.869. The normalized spacial score (nSPS) is 23.1. The van der Waals surface area contributed by atoms with Crippen LogP contribution in [0.25, 0.3) is 0 Å². The van der Waals surface area contributed by atoms with E-state index in [0.717, 1.165) is 29.4 Å². The van der Waals surface area contributed by atoms with Gasteiger partial charge in [-0.1, -0.05) is 17.7 Å². The van der Waals surface area contributed by atoms with E-state index < -0.39 is 0 Å². The molecule has 1 unspecified atom stereocenters. The van der Waals surface area contributed by atoms with Gasteiger partial charge in [0.15, 0.2) is 0 Å². The first-order valence-electron chi connectivity index (χ1n) is 7.25. The molecule has 110 valence electrons. The number of nitrogens with zero attached hydrogens (tertiary/aromatic N) is 1. The summed E-state index contributed by atoms with van der Waals surface area (Å²) >= 11 is 6.38. The van der Waals surface area contributed by atoms with E-state index in [1.54, 1.807) is 0 Å². The molecule has 20 heavy (non-hydrogen) atoms. The lowest BCUT2D eigenvalue weighted by Gasteiger charge is -2.34. The second-order valence-electron chi connectivity index (χ2n) is 5.55. The van der Waals surface area contributed by atoms with Crippen LogP contribution in [-0.2, 0) is 11.3 Å². The molecule has 1 aliphatic carbocycles. The van der Waals surface area contributed by atoms with Gasteiger partial charge < -0.3 is 20.1 Å². The Morgan fingerprint density at radius 2 is 2.25 bits per heavy atom. The summed E-state index contributed by atoms with van der Waals surface area (Å²) in [5, 5.41) is 13.5. The molecule has 5 heteroatoms. The van der Waals surface area contributed by atoms with Crippen molar-refractivity contribution in [1.29, 1.82) is 0 Å². The van der Waals surface area contributed by atoms with E-state index in [4.69, 9.17) is 16.3 Å². The number of nitrogens with one attached hydrogen (secondary N) is 1. The molecule has 1 aromatic carbocycles. The van der Waals surface area contributed by atoms with Crippen molar-refractivity contribution in [3.05, 3.63) is 28.8 Å². The number of benzene rings is 1. The highest BCUT2D eigenvalue weighted by Gasteiger charge is 2.22. The molecule has 0 radical (unpaired) electrons. The van der Waals surface area contributed by atoms with E-state index in [1.165, 1.54) is 12.8 Å². The Bertz CT molecular complexity index is 465. The summed E-state index contributed by atoms with van der Waals surface area (Å²) < 4.78 is 5.47. The molecule has 0 bridgehead atoms. The van der Waals surface area contributed by atoms with Crippen LogP contribution >= 0.6 is 11.6 Å². The van der Waals surface area contributed by atoms with Crippen LogP contribution in [0, 0.1) is 0 Å². The van der Waals surface area contributed by atoms with Crippen LogP contribution in [0.5, 0.6) is 0 Å². The van der Waals surface area contributed by atoms with Gasteiger partial charge >= 0.3 is 0 Å². The zero-order valence-corrected chi connectivity index (χ0v) is 12.3. The van der Waals surface area contributed by atoms with Gasteiger partial charge in [0.1, 0.15) is 0 Å². The smallest absolute Gasteiger partial charge is 0.0980 e. The Balaban J connectivity index is 1.65. The van der Waals surface area contributed by atoms with Crippen molar-refractivity contribution in [3.8, 4) is 0 Å². The Morgan fingerprint density at radius 3 is 2.95 bits per heavy atom. The van der Waals surface area contributed by atoms with Crippen LogP contribution in [0.15, 0.2) is 18.2 Å². The average Bonchev–Trinajstić information content (AvgIpc) is 3.30. The summed E-state index contributed by atoms with van der Waals surface area (Å²) in [6.45, 7) is 3.10. The fourth-order valence-corrected chi connectivity index (χ4v) is 2.72. The van der Waals surface area contributed by atoms with Gasteiger partial charge in [-0.3, -0.25) is 0 Å². The summed E-state index contributed by atoms with van der Waals surface area (Å²) in [5.41, 5.74) is 2.25. The Hall–Kier alpha value is -0.810. The molecule has 2 aliphatic rings. The third-order valence-electron chi connectivity index (χ3n) is 3.90. The average molecular weight is 297 g/mol. The second-order valence-corrected chi connectivity index (χ2v) is 5.96. The number of hydrogen-bond donors (Lipinski definition) is 2. The van der Waals surface area contributed by atoms with Gasteiger partial charge in [-0.2, -0.15) is 0 Å². The summed E-state index contributed by atoms with van der Waals surface area (Å²) in [5.74, 6) is 0. The molecular weight excluding hydrogens is 276 g/mol. The molecule has 1 heterocycles. The van der Waals surface area contributed by atoms with Gasteiger partial charge in [-0.25, -0.2) is 0 Å². The molecule has 1 atom stereocenters. The van der Waals surface area contributed by atoms with Gasteiger partial charge in [-0.05, 0) is 30.5 Å². The third kappa shape index (κ3) is 3.44. The molecule has 1 aromatic rings. The van der Waals surface area contributed by atoms with Gasteiger partial charge in [0, 0.05) is 36.4 Å². The Kier molecular flexibility index (Phi) is 4.46. The zero-order chi connectivity index (χ0) is 13.9. The Morgan fingerprint density at radius 1 is 1.40 bits per heavy atom. The number of aliphatic hydroxyl groups excluding tert-OH is 1. The molecular formula is C15H21ClN2O2. The van der Waals surface area contributed by atoms with Gasteiger partial charge in [-0.15, -0.1) is 0 Å². The van der Waals surface area contributed by atoms with Crippen LogP contribution < -0.4 is 10.2 Å². The van der Waals surface area contributed by atoms with Crippen LogP contribution in [0.1, 0.15) is 18.4 Å². The number of morpholine rings is 1. The number of halogens is 1. The molecule has 1 aliphatic heterocycles. The SMILES string of the molecule is OCC1CN(c2ccc(CNC3CC3)c(Cl)c2)CCO1.